The molecule has 0 bridgehead atoms. The molecule has 6 heteroatoms. The molecule has 175 valence electrons. The van der Waals surface area contributed by atoms with Crippen LogP contribution in [-0.2, 0) is 12.9 Å². The number of nitrogens with zero attached hydrogens (tertiary/aromatic N) is 3. The van der Waals surface area contributed by atoms with Crippen LogP contribution in [0.3, 0.4) is 0 Å². The molecule has 0 saturated carbocycles. The van der Waals surface area contributed by atoms with Gasteiger partial charge in [-0.2, -0.15) is 0 Å². The second-order valence-corrected chi connectivity index (χ2v) is 9.27. The molecule has 0 saturated heterocycles. The van der Waals surface area contributed by atoms with Crippen molar-refractivity contribution in [3.05, 3.63) is 125 Å². The Morgan fingerprint density at radius 3 is 1.74 bits per heavy atom. The van der Waals surface area contributed by atoms with Gasteiger partial charge in [-0.15, -0.1) is 0 Å². The summed E-state index contributed by atoms with van der Waals surface area (Å²) in [6.45, 7) is 6.14. The normalized spacial score (nSPS) is 11.7. The van der Waals surface area contributed by atoms with E-state index in [2.05, 4.69) is 38.1 Å². The monoisotopic (exact) mass is 532 g/mol. The van der Waals surface area contributed by atoms with Crippen LogP contribution in [0.25, 0.3) is 0 Å². The molecule has 0 unspecified atom stereocenters. The Balaban J connectivity index is 0.00000103. The molecule has 0 radical (unpaired) electrons. The first-order valence-corrected chi connectivity index (χ1v) is 13.5. The van der Waals surface area contributed by atoms with Gasteiger partial charge < -0.3 is 0 Å². The summed E-state index contributed by atoms with van der Waals surface area (Å²) in [5, 5.41) is 0. The van der Waals surface area contributed by atoms with E-state index >= 15 is 0 Å². The summed E-state index contributed by atoms with van der Waals surface area (Å²) < 4.78 is 0. The molecule has 0 amide bonds. The Labute approximate surface area is 216 Å². The van der Waals surface area contributed by atoms with Gasteiger partial charge in [-0.3, -0.25) is 4.99 Å². The molecule has 1 heterocycles. The first-order valence-electron chi connectivity index (χ1n) is 10.7. The fraction of sp³-hybridized carbons (Fsp3) is 0.107. The van der Waals surface area contributed by atoms with Gasteiger partial charge in [0, 0.05) is 5.56 Å². The molecule has 4 rings (SSSR count). The topological polar surface area (TPSA) is 37.6 Å². The van der Waals surface area contributed by atoms with Gasteiger partial charge in [0.25, 0.3) is 0 Å². The molecule has 0 N–H and O–H groups in total. The van der Waals surface area contributed by atoms with E-state index in [1.807, 2.05) is 79.7 Å². The van der Waals surface area contributed by atoms with Gasteiger partial charge in [-0.05, 0) is 56.2 Å². The number of hydrogen-bond acceptors (Lipinski definition) is 3. The maximum atomic E-state index is 5.01. The van der Waals surface area contributed by atoms with Crippen LogP contribution in [0.4, 0.5) is 11.4 Å². The van der Waals surface area contributed by atoms with E-state index in [9.17, 15) is 0 Å². The first kappa shape index (κ1) is 25.9. The number of hydrogen-bond donors (Lipinski definition) is 0. The maximum absolute atomic E-state index is 5.01. The number of aryl methyl sites for hydroxylation is 2. The van der Waals surface area contributed by atoms with E-state index in [-0.39, 0.29) is 0 Å². The molecule has 1 aromatic heterocycles. The van der Waals surface area contributed by atoms with Crippen molar-refractivity contribution in [2.24, 2.45) is 9.98 Å². The van der Waals surface area contributed by atoms with Gasteiger partial charge in [-0.1, -0.05) is 72.8 Å². The van der Waals surface area contributed by atoms with E-state index in [4.69, 9.17) is 35.3 Å². The summed E-state index contributed by atoms with van der Waals surface area (Å²) in [6, 6.07) is 32.5. The van der Waals surface area contributed by atoms with Crippen molar-refractivity contribution in [2.45, 2.75) is 20.8 Å². The quantitative estimate of drug-likeness (QED) is 0.238. The molecular weight excluding hydrogens is 508 g/mol. The Kier molecular flexibility index (Phi) is 10.0. The average Bonchev–Trinajstić information content (AvgIpc) is 2.86. The van der Waals surface area contributed by atoms with Gasteiger partial charge in [0.1, 0.15) is 0 Å². The Morgan fingerprint density at radius 1 is 0.647 bits per heavy atom. The number of pyridine rings is 1. The predicted molar refractivity (Wildman–Crippen MR) is 142 cm³/mol. The molecule has 0 aliphatic rings. The third kappa shape index (κ3) is 7.12. The molecule has 0 atom stereocenters. The zero-order valence-corrected chi connectivity index (χ0v) is 21.7. The van der Waals surface area contributed by atoms with Crippen LogP contribution in [-0.4, -0.2) is 16.4 Å². The van der Waals surface area contributed by atoms with Crippen LogP contribution in [0.1, 0.15) is 35.0 Å². The van der Waals surface area contributed by atoms with Crippen molar-refractivity contribution < 1.29 is 12.9 Å². The molecule has 34 heavy (non-hydrogen) atoms. The fourth-order valence-corrected chi connectivity index (χ4v) is 3.37. The zero-order chi connectivity index (χ0) is 24.3. The fourth-order valence-electron chi connectivity index (χ4n) is 3.37. The Hall–Kier alpha value is -2.76. The first-order chi connectivity index (χ1) is 16.5. The van der Waals surface area contributed by atoms with Crippen LogP contribution >= 0.6 is 20.3 Å². The second-order valence-electron chi connectivity index (χ2n) is 7.55. The van der Waals surface area contributed by atoms with Crippen LogP contribution in [0.5, 0.6) is 0 Å². The third-order valence-corrected chi connectivity index (χ3v) is 5.16. The van der Waals surface area contributed by atoms with Crippen molar-refractivity contribution >= 4 is 43.1 Å². The van der Waals surface area contributed by atoms with Gasteiger partial charge in [0.15, 0.2) is 0 Å². The van der Waals surface area contributed by atoms with E-state index in [1.165, 1.54) is 0 Å². The number of para-hydroxylation sites is 2. The van der Waals surface area contributed by atoms with E-state index < -0.39 is 0 Å². The summed E-state index contributed by atoms with van der Waals surface area (Å²) in [7, 11) is 9.47. The molecule has 0 spiro atoms. The van der Waals surface area contributed by atoms with Gasteiger partial charge in [-0.25, -0.2) is 9.98 Å². The Bertz CT molecular complexity index is 1290. The van der Waals surface area contributed by atoms with Crippen molar-refractivity contribution in [3.63, 3.8) is 0 Å². The van der Waals surface area contributed by atoms with E-state index in [0.29, 0.717) is 12.9 Å². The molecule has 0 aliphatic heterocycles. The van der Waals surface area contributed by atoms with Gasteiger partial charge in [0.05, 0.1) is 34.2 Å². The minimum absolute atomic E-state index is 0.382. The molecule has 4 aromatic rings. The summed E-state index contributed by atoms with van der Waals surface area (Å²) in [4.78, 5) is 14.8. The van der Waals surface area contributed by atoms with Crippen LogP contribution in [0, 0.1) is 13.8 Å². The molecule has 0 fully saturated rings. The minimum atomic E-state index is 0.382. The van der Waals surface area contributed by atoms with Crippen LogP contribution in [0.2, 0.25) is 0 Å². The van der Waals surface area contributed by atoms with Gasteiger partial charge >= 0.3 is 33.2 Å². The standard InChI is InChI=1S/C28H25N3.2ClH.Co/c1-20-12-7-9-16-24(20)29-22(3)26-18-11-19-27(30-26)28(23-14-5-4-6-15-23)31-25-17-10-8-13-21(25)2;;;/h4-19H,1-3H3;2*1H;/q;;;+2/p-2. The van der Waals surface area contributed by atoms with Crippen LogP contribution < -0.4 is 0 Å². The molecule has 3 nitrogen and oxygen atoms in total. The summed E-state index contributed by atoms with van der Waals surface area (Å²) in [5.74, 6) is 0. The number of rotatable bonds is 5. The number of halogens is 2. The second kappa shape index (κ2) is 13.2. The number of benzene rings is 3. The third-order valence-electron chi connectivity index (χ3n) is 5.16. The molecular formula is C28H25Cl2CoN3. The van der Waals surface area contributed by atoms with Crippen LogP contribution in [0.15, 0.2) is 107 Å². The average molecular weight is 533 g/mol. The summed E-state index contributed by atoms with van der Waals surface area (Å²) in [6.07, 6.45) is 0. The van der Waals surface area contributed by atoms with E-state index in [1.54, 1.807) is 0 Å². The number of aromatic nitrogens is 1. The van der Waals surface area contributed by atoms with Gasteiger partial charge in [0.2, 0.25) is 0 Å². The molecule has 3 aromatic carbocycles. The van der Waals surface area contributed by atoms with Crippen molar-refractivity contribution in [1.82, 2.24) is 4.98 Å². The van der Waals surface area contributed by atoms with Crippen molar-refractivity contribution in [2.75, 3.05) is 0 Å². The SMILES string of the molecule is CC(=Nc1ccccc1C)c1cccc(C(=Nc2ccccc2C)c2ccccc2)n1.[Cl][Co][Cl]. The predicted octanol–water partition coefficient (Wildman–Crippen LogP) is 8.38. The molecule has 0 aliphatic carbocycles. The summed E-state index contributed by atoms with van der Waals surface area (Å²) in [5.41, 5.74) is 8.60. The Morgan fingerprint density at radius 2 is 1.15 bits per heavy atom. The van der Waals surface area contributed by atoms with Crippen molar-refractivity contribution in [3.8, 4) is 0 Å². The number of aliphatic imine (C=N–C) groups is 2. The van der Waals surface area contributed by atoms with Crippen molar-refractivity contribution in [1.29, 1.82) is 0 Å². The zero-order valence-electron chi connectivity index (χ0n) is 19.2. The van der Waals surface area contributed by atoms with E-state index in [0.717, 1.165) is 50.9 Å². The summed E-state index contributed by atoms with van der Waals surface area (Å²) >= 11 is 0.382.